The van der Waals surface area contributed by atoms with Crippen molar-refractivity contribution in [1.29, 1.82) is 0 Å². The summed E-state index contributed by atoms with van der Waals surface area (Å²) in [5.41, 5.74) is 2.36. The molecule has 0 spiro atoms. The van der Waals surface area contributed by atoms with E-state index in [-0.39, 0.29) is 29.7 Å². The monoisotopic (exact) mass is 589 g/mol. The molecule has 9 heteroatoms. The van der Waals surface area contributed by atoms with Gasteiger partial charge in [-0.05, 0) is 53.8 Å². The molecule has 2 atom stereocenters. The molecule has 0 aromatic heterocycles. The Kier molecular flexibility index (Phi) is 9.85. The molecule has 0 N–H and O–H groups in total. The number of ether oxygens (including phenoxy) is 3. The standard InChI is InChI=1S/C33H35NO7S/c1-23(20-32(35)40-3)34(22-24-10-6-5-7-11-24)30-19-18-29(27-12-8-9-13-28(27)30)31(21-33(36)41-4)42(37,38)26-16-14-25(39-2)15-17-26/h5-19,23,31H,20-22H2,1-4H3/t23-,31?/m0/s1. The number of nitrogens with zero attached hydrogens (tertiary/aromatic N) is 1. The molecule has 0 radical (unpaired) electrons. The van der Waals surface area contributed by atoms with Gasteiger partial charge in [-0.25, -0.2) is 8.42 Å². The Morgan fingerprint density at radius 2 is 1.33 bits per heavy atom. The SMILES string of the molecule is COC(=O)CC(c1ccc(N(Cc2ccccc2)[C@@H](C)CC(=O)OC)c2ccccc12)S(=O)(=O)c1ccc(OC)cc1. The molecule has 0 fully saturated rings. The van der Waals surface area contributed by atoms with Crippen molar-refractivity contribution >= 4 is 38.2 Å². The highest BCUT2D eigenvalue weighted by Gasteiger charge is 2.34. The normalized spacial score (nSPS) is 12.8. The van der Waals surface area contributed by atoms with E-state index in [1.54, 1.807) is 18.2 Å². The maximum atomic E-state index is 14.0. The van der Waals surface area contributed by atoms with Gasteiger partial charge in [0, 0.05) is 23.7 Å². The van der Waals surface area contributed by atoms with Gasteiger partial charge in [0.25, 0.3) is 0 Å². The third-order valence-electron chi connectivity index (χ3n) is 7.35. The number of fused-ring (bicyclic) bond motifs is 1. The lowest BCUT2D eigenvalue weighted by Gasteiger charge is -2.33. The first-order valence-electron chi connectivity index (χ1n) is 13.5. The molecule has 42 heavy (non-hydrogen) atoms. The van der Waals surface area contributed by atoms with Crippen LogP contribution in [-0.2, 0) is 35.4 Å². The molecular weight excluding hydrogens is 554 g/mol. The fourth-order valence-electron chi connectivity index (χ4n) is 5.08. The van der Waals surface area contributed by atoms with Gasteiger partial charge in [-0.15, -0.1) is 0 Å². The molecule has 220 valence electrons. The first-order chi connectivity index (χ1) is 20.2. The minimum atomic E-state index is -4.02. The zero-order valence-electron chi connectivity index (χ0n) is 24.1. The molecule has 8 nitrogen and oxygen atoms in total. The summed E-state index contributed by atoms with van der Waals surface area (Å²) in [6, 6.07) is 26.9. The van der Waals surface area contributed by atoms with Gasteiger partial charge in [-0.2, -0.15) is 0 Å². The lowest BCUT2D eigenvalue weighted by atomic mass is 9.97. The van der Waals surface area contributed by atoms with Gasteiger partial charge >= 0.3 is 11.9 Å². The van der Waals surface area contributed by atoms with Gasteiger partial charge in [0.2, 0.25) is 0 Å². The summed E-state index contributed by atoms with van der Waals surface area (Å²) in [5.74, 6) is -0.444. The van der Waals surface area contributed by atoms with Crippen molar-refractivity contribution in [3.05, 3.63) is 102 Å². The van der Waals surface area contributed by atoms with Gasteiger partial charge in [-0.1, -0.05) is 60.7 Å². The van der Waals surface area contributed by atoms with Crippen LogP contribution in [0.25, 0.3) is 10.8 Å². The van der Waals surface area contributed by atoms with Crippen LogP contribution in [0.1, 0.15) is 36.1 Å². The number of hydrogen-bond donors (Lipinski definition) is 0. The predicted octanol–water partition coefficient (Wildman–Crippen LogP) is 5.88. The van der Waals surface area contributed by atoms with Crippen LogP contribution in [0.4, 0.5) is 5.69 Å². The Morgan fingerprint density at radius 3 is 1.95 bits per heavy atom. The zero-order valence-corrected chi connectivity index (χ0v) is 25.0. The molecule has 0 bridgehead atoms. The maximum Gasteiger partial charge on any atom is 0.307 e. The maximum absolute atomic E-state index is 14.0. The van der Waals surface area contributed by atoms with E-state index in [1.807, 2.05) is 67.6 Å². The number of carbonyl (C=O) groups is 2. The minimum Gasteiger partial charge on any atom is -0.497 e. The first kappa shape index (κ1) is 30.6. The highest BCUT2D eigenvalue weighted by atomic mass is 32.2. The summed E-state index contributed by atoms with van der Waals surface area (Å²) < 4.78 is 43.1. The summed E-state index contributed by atoms with van der Waals surface area (Å²) in [5, 5.41) is 0.277. The van der Waals surface area contributed by atoms with Crippen molar-refractivity contribution in [2.24, 2.45) is 0 Å². The van der Waals surface area contributed by atoms with Crippen LogP contribution in [0.5, 0.6) is 5.75 Å². The van der Waals surface area contributed by atoms with Crippen molar-refractivity contribution in [2.45, 2.75) is 42.5 Å². The van der Waals surface area contributed by atoms with Crippen LogP contribution in [0, 0.1) is 0 Å². The van der Waals surface area contributed by atoms with E-state index in [1.165, 1.54) is 33.5 Å². The molecule has 0 aliphatic rings. The molecule has 0 aliphatic carbocycles. The summed E-state index contributed by atoms with van der Waals surface area (Å²) in [6.07, 6.45) is -0.198. The summed E-state index contributed by atoms with van der Waals surface area (Å²) in [7, 11) is 0.0876. The average molecular weight is 590 g/mol. The minimum absolute atomic E-state index is 0.0720. The van der Waals surface area contributed by atoms with Crippen molar-refractivity contribution < 1.29 is 32.2 Å². The quantitative estimate of drug-likeness (QED) is 0.189. The lowest BCUT2D eigenvalue weighted by molar-refractivity contribution is -0.141. The lowest BCUT2D eigenvalue weighted by Crippen LogP contribution is -2.35. The molecule has 4 rings (SSSR count). The van der Waals surface area contributed by atoms with Gasteiger partial charge < -0.3 is 19.1 Å². The molecule has 4 aromatic carbocycles. The number of esters is 2. The Morgan fingerprint density at radius 1 is 0.738 bits per heavy atom. The third-order valence-corrected chi connectivity index (χ3v) is 9.45. The highest BCUT2D eigenvalue weighted by Crippen LogP contribution is 2.40. The molecule has 1 unspecified atom stereocenters. The first-order valence-corrected chi connectivity index (χ1v) is 15.1. The van der Waals surface area contributed by atoms with Crippen molar-refractivity contribution in [2.75, 3.05) is 26.2 Å². The number of carbonyl (C=O) groups excluding carboxylic acids is 2. The van der Waals surface area contributed by atoms with Gasteiger partial charge in [0.05, 0.1) is 39.1 Å². The van der Waals surface area contributed by atoms with E-state index >= 15 is 0 Å². The van der Waals surface area contributed by atoms with E-state index in [2.05, 4.69) is 4.90 Å². The van der Waals surface area contributed by atoms with Crippen molar-refractivity contribution in [3.63, 3.8) is 0 Å². The predicted molar refractivity (Wildman–Crippen MR) is 162 cm³/mol. The van der Waals surface area contributed by atoms with Crippen LogP contribution < -0.4 is 9.64 Å². The fourth-order valence-corrected chi connectivity index (χ4v) is 6.82. The van der Waals surface area contributed by atoms with Crippen LogP contribution in [-0.4, -0.2) is 47.7 Å². The van der Waals surface area contributed by atoms with Crippen molar-refractivity contribution in [1.82, 2.24) is 0 Å². The van der Waals surface area contributed by atoms with Crippen LogP contribution >= 0.6 is 0 Å². The van der Waals surface area contributed by atoms with Crippen LogP contribution in [0.3, 0.4) is 0 Å². The van der Waals surface area contributed by atoms with Gasteiger partial charge in [0.15, 0.2) is 9.84 Å². The van der Waals surface area contributed by atoms with E-state index in [0.29, 0.717) is 23.2 Å². The molecule has 0 amide bonds. The molecule has 0 heterocycles. The Bertz CT molecular complexity index is 1640. The summed E-state index contributed by atoms with van der Waals surface area (Å²) in [4.78, 5) is 27.0. The Hall–Kier alpha value is -4.37. The highest BCUT2D eigenvalue weighted by molar-refractivity contribution is 7.91. The van der Waals surface area contributed by atoms with E-state index in [0.717, 1.165) is 16.6 Å². The van der Waals surface area contributed by atoms with E-state index < -0.39 is 21.1 Å². The number of benzene rings is 4. The fraction of sp³-hybridized carbons (Fsp3) is 0.273. The second kappa shape index (κ2) is 13.5. The van der Waals surface area contributed by atoms with E-state index in [4.69, 9.17) is 14.2 Å². The number of sulfone groups is 1. The van der Waals surface area contributed by atoms with Gasteiger partial charge in [-0.3, -0.25) is 9.59 Å². The second-order valence-corrected chi connectivity index (χ2v) is 12.1. The van der Waals surface area contributed by atoms with Gasteiger partial charge in [0.1, 0.15) is 11.0 Å². The number of hydrogen-bond acceptors (Lipinski definition) is 8. The molecular formula is C33H35NO7S. The largest absolute Gasteiger partial charge is 0.497 e. The zero-order chi connectivity index (χ0) is 30.3. The average Bonchev–Trinajstić information content (AvgIpc) is 3.02. The number of anilines is 1. The molecule has 0 aliphatic heterocycles. The number of methoxy groups -OCH3 is 3. The third kappa shape index (κ3) is 6.74. The topological polar surface area (TPSA) is 99.2 Å². The van der Waals surface area contributed by atoms with Crippen molar-refractivity contribution in [3.8, 4) is 5.75 Å². The molecule has 0 saturated heterocycles. The molecule has 0 saturated carbocycles. The Balaban J connectivity index is 1.88. The summed E-state index contributed by atoms with van der Waals surface area (Å²) in [6.45, 7) is 2.47. The van der Waals surface area contributed by atoms with Crippen LogP contribution in [0.15, 0.2) is 95.9 Å². The second-order valence-electron chi connectivity index (χ2n) is 9.95. The number of rotatable bonds is 12. The van der Waals surface area contributed by atoms with E-state index in [9.17, 15) is 18.0 Å². The molecule has 4 aromatic rings. The Labute approximate surface area is 246 Å². The van der Waals surface area contributed by atoms with Crippen LogP contribution in [0.2, 0.25) is 0 Å². The summed E-state index contributed by atoms with van der Waals surface area (Å²) >= 11 is 0. The smallest absolute Gasteiger partial charge is 0.307 e.